The van der Waals surface area contributed by atoms with Gasteiger partial charge in [0, 0.05) is 31.4 Å². The maximum atomic E-state index is 3.31. The summed E-state index contributed by atoms with van der Waals surface area (Å²) < 4.78 is 0. The first-order valence-electron chi connectivity index (χ1n) is 3.57. The molecule has 0 bridgehead atoms. The number of hydrogen-bond acceptors (Lipinski definition) is 2. The predicted molar refractivity (Wildman–Crippen MR) is 41.0 cm³/mol. The first-order chi connectivity index (χ1) is 4.97. The lowest BCUT2D eigenvalue weighted by Gasteiger charge is -1.98. The molecule has 0 saturated heterocycles. The van der Waals surface area contributed by atoms with Crippen molar-refractivity contribution in [1.29, 1.82) is 0 Å². The van der Waals surface area contributed by atoms with E-state index in [1.54, 1.807) is 0 Å². The monoisotopic (exact) mass is 137 g/mol. The molecule has 0 aliphatic carbocycles. The Balaban J connectivity index is 2.28. The van der Waals surface area contributed by atoms with Crippen LogP contribution in [0.15, 0.2) is 12.3 Å². The van der Waals surface area contributed by atoms with Crippen molar-refractivity contribution < 1.29 is 0 Å². The lowest BCUT2D eigenvalue weighted by molar-refractivity contribution is 0.725. The minimum absolute atomic E-state index is 0.978. The molecule has 1 aliphatic rings. The van der Waals surface area contributed by atoms with E-state index in [9.17, 15) is 0 Å². The van der Waals surface area contributed by atoms with E-state index >= 15 is 0 Å². The fourth-order valence-electron chi connectivity index (χ4n) is 1.21. The van der Waals surface area contributed by atoms with Gasteiger partial charge in [0.2, 0.25) is 0 Å². The topological polar surface area (TPSA) is 39.9 Å². The molecule has 54 valence electrons. The zero-order chi connectivity index (χ0) is 6.81. The Morgan fingerprint density at radius 1 is 1.30 bits per heavy atom. The van der Waals surface area contributed by atoms with Crippen LogP contribution in [0.4, 0.5) is 5.82 Å². The zero-order valence-corrected chi connectivity index (χ0v) is 5.78. The summed E-state index contributed by atoms with van der Waals surface area (Å²) in [6, 6.07) is 2.10. The van der Waals surface area contributed by atoms with Crippen molar-refractivity contribution in [2.45, 2.75) is 6.54 Å². The number of rotatable bonds is 0. The van der Waals surface area contributed by atoms with Crippen LogP contribution in [0, 0.1) is 0 Å². The molecule has 0 spiro atoms. The van der Waals surface area contributed by atoms with Gasteiger partial charge in [0.15, 0.2) is 0 Å². The van der Waals surface area contributed by atoms with E-state index in [0.29, 0.717) is 0 Å². The van der Waals surface area contributed by atoms with E-state index in [-0.39, 0.29) is 0 Å². The summed E-state index contributed by atoms with van der Waals surface area (Å²) in [5, 5.41) is 6.59. The summed E-state index contributed by atoms with van der Waals surface area (Å²) in [5.41, 5.74) is 1.33. The SMILES string of the molecule is c1cc2c([nH]1)NCCNC2. The van der Waals surface area contributed by atoms with Gasteiger partial charge >= 0.3 is 0 Å². The highest BCUT2D eigenvalue weighted by molar-refractivity contribution is 5.45. The van der Waals surface area contributed by atoms with Gasteiger partial charge in [-0.2, -0.15) is 0 Å². The molecule has 3 heteroatoms. The van der Waals surface area contributed by atoms with Gasteiger partial charge in [0.25, 0.3) is 0 Å². The Bertz CT molecular complexity index is 196. The molecule has 1 aromatic heterocycles. The van der Waals surface area contributed by atoms with Crippen molar-refractivity contribution in [2.75, 3.05) is 18.4 Å². The van der Waals surface area contributed by atoms with Gasteiger partial charge in [-0.3, -0.25) is 0 Å². The number of aromatic amines is 1. The summed E-state index contributed by atoms with van der Waals surface area (Å²) in [5.74, 6) is 1.17. The summed E-state index contributed by atoms with van der Waals surface area (Å²) in [4.78, 5) is 3.15. The largest absolute Gasteiger partial charge is 0.370 e. The third kappa shape index (κ3) is 0.885. The minimum Gasteiger partial charge on any atom is -0.370 e. The quantitative estimate of drug-likeness (QED) is 0.488. The molecule has 0 atom stereocenters. The second-order valence-corrected chi connectivity index (χ2v) is 2.48. The van der Waals surface area contributed by atoms with Crippen molar-refractivity contribution >= 4 is 5.82 Å². The van der Waals surface area contributed by atoms with E-state index in [2.05, 4.69) is 21.7 Å². The Morgan fingerprint density at radius 2 is 2.30 bits per heavy atom. The van der Waals surface area contributed by atoms with Crippen LogP contribution in [-0.2, 0) is 6.54 Å². The Morgan fingerprint density at radius 3 is 3.30 bits per heavy atom. The molecular formula is C7H11N3. The molecule has 3 N–H and O–H groups in total. The smallest absolute Gasteiger partial charge is 0.107 e. The summed E-state index contributed by atoms with van der Waals surface area (Å²) >= 11 is 0. The number of aromatic nitrogens is 1. The Labute approximate surface area is 59.8 Å². The molecule has 0 aromatic carbocycles. The number of anilines is 1. The first-order valence-corrected chi connectivity index (χ1v) is 3.57. The third-order valence-electron chi connectivity index (χ3n) is 1.75. The highest BCUT2D eigenvalue weighted by Gasteiger charge is 2.04. The minimum atomic E-state index is 0.978. The van der Waals surface area contributed by atoms with Crippen LogP contribution in [0.2, 0.25) is 0 Å². The van der Waals surface area contributed by atoms with E-state index in [0.717, 1.165) is 19.6 Å². The summed E-state index contributed by atoms with van der Waals surface area (Å²) in [6.07, 6.45) is 1.96. The molecule has 0 amide bonds. The normalized spacial score (nSPS) is 17.2. The standard InChI is InChI=1S/C7H11N3/c1-2-9-7-6(1)5-8-3-4-10-7/h1-2,8-10H,3-5H2. The number of hydrogen-bond donors (Lipinski definition) is 3. The van der Waals surface area contributed by atoms with Crippen molar-refractivity contribution in [3.05, 3.63) is 17.8 Å². The second kappa shape index (κ2) is 2.34. The van der Waals surface area contributed by atoms with Gasteiger partial charge in [-0.25, -0.2) is 0 Å². The molecule has 2 heterocycles. The molecule has 2 rings (SSSR count). The van der Waals surface area contributed by atoms with Crippen LogP contribution in [0.25, 0.3) is 0 Å². The number of H-pyrrole nitrogens is 1. The highest BCUT2D eigenvalue weighted by Crippen LogP contribution is 2.12. The average molecular weight is 137 g/mol. The summed E-state index contributed by atoms with van der Waals surface area (Å²) in [6.45, 7) is 3.03. The molecule has 3 nitrogen and oxygen atoms in total. The van der Waals surface area contributed by atoms with Crippen molar-refractivity contribution in [3.8, 4) is 0 Å². The number of fused-ring (bicyclic) bond motifs is 1. The lowest BCUT2D eigenvalue weighted by atomic mass is 10.3. The van der Waals surface area contributed by atoms with E-state index in [1.807, 2.05) is 6.20 Å². The van der Waals surface area contributed by atoms with Gasteiger partial charge in [-0.1, -0.05) is 0 Å². The number of nitrogens with one attached hydrogen (secondary N) is 3. The molecule has 0 unspecified atom stereocenters. The fourth-order valence-corrected chi connectivity index (χ4v) is 1.21. The Kier molecular flexibility index (Phi) is 1.36. The maximum Gasteiger partial charge on any atom is 0.107 e. The molecule has 0 saturated carbocycles. The summed E-state index contributed by atoms with van der Waals surface area (Å²) in [7, 11) is 0. The van der Waals surface area contributed by atoms with Crippen LogP contribution in [0.1, 0.15) is 5.56 Å². The van der Waals surface area contributed by atoms with Crippen LogP contribution in [-0.4, -0.2) is 18.1 Å². The van der Waals surface area contributed by atoms with Gasteiger partial charge in [-0.15, -0.1) is 0 Å². The molecule has 1 aromatic rings. The first kappa shape index (κ1) is 5.80. The lowest BCUT2D eigenvalue weighted by Crippen LogP contribution is -2.17. The van der Waals surface area contributed by atoms with Crippen LogP contribution in [0.5, 0.6) is 0 Å². The van der Waals surface area contributed by atoms with Gasteiger partial charge in [-0.05, 0) is 6.07 Å². The van der Waals surface area contributed by atoms with Crippen LogP contribution < -0.4 is 10.6 Å². The van der Waals surface area contributed by atoms with Crippen molar-refractivity contribution in [3.63, 3.8) is 0 Å². The van der Waals surface area contributed by atoms with Gasteiger partial charge in [0.1, 0.15) is 5.82 Å². The average Bonchev–Trinajstić information content (AvgIpc) is 2.28. The van der Waals surface area contributed by atoms with E-state index in [4.69, 9.17) is 0 Å². The van der Waals surface area contributed by atoms with Crippen LogP contribution in [0.3, 0.4) is 0 Å². The van der Waals surface area contributed by atoms with Crippen molar-refractivity contribution in [2.24, 2.45) is 0 Å². The van der Waals surface area contributed by atoms with Gasteiger partial charge in [0.05, 0.1) is 0 Å². The van der Waals surface area contributed by atoms with Crippen LogP contribution >= 0.6 is 0 Å². The maximum absolute atomic E-state index is 3.31. The van der Waals surface area contributed by atoms with E-state index in [1.165, 1.54) is 11.4 Å². The molecular weight excluding hydrogens is 126 g/mol. The molecule has 0 radical (unpaired) electrons. The predicted octanol–water partition coefficient (Wildman–Crippen LogP) is 0.530. The Hall–Kier alpha value is -0.960. The fraction of sp³-hybridized carbons (Fsp3) is 0.429. The molecule has 0 fully saturated rings. The molecule has 1 aliphatic heterocycles. The highest BCUT2D eigenvalue weighted by atomic mass is 15.0. The zero-order valence-electron chi connectivity index (χ0n) is 5.78. The van der Waals surface area contributed by atoms with Crippen molar-refractivity contribution in [1.82, 2.24) is 10.3 Å². The van der Waals surface area contributed by atoms with Gasteiger partial charge < -0.3 is 15.6 Å². The van der Waals surface area contributed by atoms with E-state index < -0.39 is 0 Å². The second-order valence-electron chi connectivity index (χ2n) is 2.48. The molecule has 10 heavy (non-hydrogen) atoms. The third-order valence-corrected chi connectivity index (χ3v) is 1.75.